The van der Waals surface area contributed by atoms with Crippen LogP contribution in [0.2, 0.25) is 5.02 Å². The first kappa shape index (κ1) is 15.7. The van der Waals surface area contributed by atoms with Gasteiger partial charge in [-0.15, -0.1) is 11.8 Å². The van der Waals surface area contributed by atoms with Gasteiger partial charge in [0.05, 0.1) is 16.4 Å². The Morgan fingerprint density at radius 3 is 2.92 bits per heavy atom. The fraction of sp³-hybridized carbons (Fsp3) is 0.118. The zero-order valence-electron chi connectivity index (χ0n) is 12.6. The summed E-state index contributed by atoms with van der Waals surface area (Å²) in [7, 11) is 0. The summed E-state index contributed by atoms with van der Waals surface area (Å²) in [5.41, 5.74) is 3.67. The molecule has 2 aliphatic heterocycles. The Morgan fingerprint density at radius 1 is 1.25 bits per heavy atom. The van der Waals surface area contributed by atoms with E-state index in [0.29, 0.717) is 0 Å². The van der Waals surface area contributed by atoms with E-state index in [2.05, 4.69) is 50.2 Å². The van der Waals surface area contributed by atoms with Crippen molar-refractivity contribution in [1.82, 2.24) is 20.4 Å². The van der Waals surface area contributed by atoms with Gasteiger partial charge < -0.3 is 10.2 Å². The van der Waals surface area contributed by atoms with E-state index in [-0.39, 0.29) is 5.50 Å². The Hall–Kier alpha value is -1.76. The fourth-order valence-electron chi connectivity index (χ4n) is 2.47. The van der Waals surface area contributed by atoms with Crippen LogP contribution >= 0.6 is 35.1 Å². The number of aromatic nitrogens is 2. The first-order chi connectivity index (χ1) is 11.8. The van der Waals surface area contributed by atoms with Gasteiger partial charge in [0, 0.05) is 23.2 Å². The number of aromatic amines is 1. The molecule has 7 heteroatoms. The van der Waals surface area contributed by atoms with E-state index < -0.39 is 0 Å². The molecule has 3 heterocycles. The molecule has 122 valence electrons. The van der Waals surface area contributed by atoms with Crippen LogP contribution in [0.5, 0.6) is 0 Å². The molecule has 1 aromatic heterocycles. The van der Waals surface area contributed by atoms with Crippen molar-refractivity contribution in [3.8, 4) is 0 Å². The molecule has 1 aromatic carbocycles. The van der Waals surface area contributed by atoms with Gasteiger partial charge in [-0.25, -0.2) is 0 Å². The standard InChI is InChI=1S/C17H15ClN4S2/c18-13-3-1-12(2-4-13)11-24-16-15(6-5-14-7-8-19-21-14)22-9-10-23-17(22)20-16/h1-10,17,20H,11H2,(H,19,21)/b6-5+. The molecule has 0 radical (unpaired) electrons. The van der Waals surface area contributed by atoms with E-state index in [1.165, 1.54) is 16.3 Å². The van der Waals surface area contributed by atoms with Gasteiger partial charge in [-0.3, -0.25) is 5.10 Å². The molecule has 1 atom stereocenters. The molecule has 4 nitrogen and oxygen atoms in total. The van der Waals surface area contributed by atoms with E-state index in [1.54, 1.807) is 29.7 Å². The Morgan fingerprint density at radius 2 is 2.12 bits per heavy atom. The largest absolute Gasteiger partial charge is 0.349 e. The van der Waals surface area contributed by atoms with Crippen LogP contribution < -0.4 is 5.32 Å². The maximum absolute atomic E-state index is 5.95. The zero-order chi connectivity index (χ0) is 16.4. The van der Waals surface area contributed by atoms with Crippen LogP contribution in [0, 0.1) is 0 Å². The number of halogens is 1. The van der Waals surface area contributed by atoms with Crippen LogP contribution in [-0.4, -0.2) is 20.6 Å². The van der Waals surface area contributed by atoms with Gasteiger partial charge in [-0.2, -0.15) is 5.10 Å². The third-order valence-corrected chi connectivity index (χ3v) is 5.91. The van der Waals surface area contributed by atoms with Crippen molar-refractivity contribution >= 4 is 41.2 Å². The van der Waals surface area contributed by atoms with Crippen molar-refractivity contribution in [3.63, 3.8) is 0 Å². The van der Waals surface area contributed by atoms with Crippen LogP contribution in [0.15, 0.2) is 64.9 Å². The number of allylic oxidation sites excluding steroid dienone is 1. The first-order valence-electron chi connectivity index (χ1n) is 7.45. The molecular formula is C17H15ClN4S2. The minimum Gasteiger partial charge on any atom is -0.349 e. The van der Waals surface area contributed by atoms with E-state index >= 15 is 0 Å². The number of thioether (sulfide) groups is 2. The first-order valence-corrected chi connectivity index (χ1v) is 9.76. The number of H-pyrrole nitrogens is 1. The third-order valence-electron chi connectivity index (χ3n) is 3.69. The smallest absolute Gasteiger partial charge is 0.156 e. The fourth-order valence-corrected chi connectivity index (χ4v) is 4.55. The topological polar surface area (TPSA) is 44.0 Å². The van der Waals surface area contributed by atoms with E-state index in [4.69, 9.17) is 11.6 Å². The van der Waals surface area contributed by atoms with Crippen LogP contribution in [0.4, 0.5) is 0 Å². The molecule has 0 saturated carbocycles. The molecule has 2 N–H and O–H groups in total. The van der Waals surface area contributed by atoms with E-state index in [9.17, 15) is 0 Å². The van der Waals surface area contributed by atoms with Gasteiger partial charge in [0.2, 0.25) is 0 Å². The summed E-state index contributed by atoms with van der Waals surface area (Å²) >= 11 is 9.53. The molecule has 1 unspecified atom stereocenters. The van der Waals surface area contributed by atoms with Crippen molar-refractivity contribution in [2.24, 2.45) is 0 Å². The van der Waals surface area contributed by atoms with Gasteiger partial charge in [0.15, 0.2) is 5.50 Å². The van der Waals surface area contributed by atoms with Crippen molar-refractivity contribution in [2.75, 3.05) is 0 Å². The number of fused-ring (bicyclic) bond motifs is 1. The van der Waals surface area contributed by atoms with Crippen LogP contribution in [-0.2, 0) is 5.75 Å². The van der Waals surface area contributed by atoms with Crippen molar-refractivity contribution in [1.29, 1.82) is 0 Å². The van der Waals surface area contributed by atoms with Crippen LogP contribution in [0.3, 0.4) is 0 Å². The van der Waals surface area contributed by atoms with Crippen molar-refractivity contribution in [2.45, 2.75) is 11.3 Å². The highest BCUT2D eigenvalue weighted by molar-refractivity contribution is 8.03. The molecule has 0 amide bonds. The molecule has 2 aliphatic rings. The van der Waals surface area contributed by atoms with Gasteiger partial charge in [0.1, 0.15) is 0 Å². The summed E-state index contributed by atoms with van der Waals surface area (Å²) in [5.74, 6) is 0.899. The second kappa shape index (κ2) is 7.01. The molecule has 0 saturated heterocycles. The number of benzene rings is 1. The van der Waals surface area contributed by atoms with Crippen molar-refractivity contribution < 1.29 is 0 Å². The summed E-state index contributed by atoms with van der Waals surface area (Å²) in [5, 5.41) is 14.6. The lowest BCUT2D eigenvalue weighted by Crippen LogP contribution is -2.26. The highest BCUT2D eigenvalue weighted by Gasteiger charge is 2.31. The Kier molecular flexibility index (Phi) is 4.60. The van der Waals surface area contributed by atoms with Crippen LogP contribution in [0.1, 0.15) is 11.3 Å². The second-order valence-corrected chi connectivity index (χ2v) is 7.71. The lowest BCUT2D eigenvalue weighted by molar-refractivity contribution is 0.472. The van der Waals surface area contributed by atoms with Crippen molar-refractivity contribution in [3.05, 3.63) is 81.2 Å². The second-order valence-electron chi connectivity index (χ2n) is 5.30. The maximum atomic E-state index is 5.95. The van der Waals surface area contributed by atoms with Crippen LogP contribution in [0.25, 0.3) is 6.08 Å². The Balaban J connectivity index is 1.53. The third kappa shape index (κ3) is 3.36. The predicted octanol–water partition coefficient (Wildman–Crippen LogP) is 4.59. The molecule has 24 heavy (non-hydrogen) atoms. The highest BCUT2D eigenvalue weighted by atomic mass is 35.5. The zero-order valence-corrected chi connectivity index (χ0v) is 15.0. The number of rotatable bonds is 5. The van der Waals surface area contributed by atoms with Gasteiger partial charge in [-0.1, -0.05) is 35.5 Å². The van der Waals surface area contributed by atoms with Gasteiger partial charge >= 0.3 is 0 Å². The molecular weight excluding hydrogens is 360 g/mol. The highest BCUT2D eigenvalue weighted by Crippen LogP contribution is 2.39. The lowest BCUT2D eigenvalue weighted by Gasteiger charge is -2.16. The monoisotopic (exact) mass is 374 g/mol. The summed E-state index contributed by atoms with van der Waals surface area (Å²) in [6, 6.07) is 9.96. The minimum absolute atomic E-state index is 0.249. The van der Waals surface area contributed by atoms with E-state index in [1.807, 2.05) is 24.3 Å². The minimum atomic E-state index is 0.249. The summed E-state index contributed by atoms with van der Waals surface area (Å²) in [4.78, 5) is 2.25. The summed E-state index contributed by atoms with van der Waals surface area (Å²) < 4.78 is 0. The molecule has 0 aliphatic carbocycles. The van der Waals surface area contributed by atoms with Gasteiger partial charge in [-0.05, 0) is 41.3 Å². The SMILES string of the molecule is Clc1ccc(CSC2=C(/C=C/c3ccn[nH]3)N3C=CSC3N2)cc1. The molecule has 2 aromatic rings. The summed E-state index contributed by atoms with van der Waals surface area (Å²) in [6.45, 7) is 0. The Labute approximate surface area is 154 Å². The normalized spacial score (nSPS) is 19.4. The predicted molar refractivity (Wildman–Crippen MR) is 103 cm³/mol. The quantitative estimate of drug-likeness (QED) is 0.801. The lowest BCUT2D eigenvalue weighted by atomic mass is 10.2. The maximum Gasteiger partial charge on any atom is 0.156 e. The van der Waals surface area contributed by atoms with Gasteiger partial charge in [0.25, 0.3) is 0 Å². The molecule has 0 fully saturated rings. The Bertz CT molecular complexity index is 797. The van der Waals surface area contributed by atoms with E-state index in [0.717, 1.165) is 16.5 Å². The number of nitrogens with zero attached hydrogens (tertiary/aromatic N) is 2. The number of hydrogen-bond donors (Lipinski definition) is 2. The number of nitrogens with one attached hydrogen (secondary N) is 2. The molecule has 0 spiro atoms. The molecule has 0 bridgehead atoms. The summed E-state index contributed by atoms with van der Waals surface area (Å²) in [6.07, 6.45) is 8.05. The average molecular weight is 375 g/mol. The molecule has 4 rings (SSSR count). The number of hydrogen-bond acceptors (Lipinski definition) is 5. The average Bonchev–Trinajstić information content (AvgIpc) is 3.30.